The Morgan fingerprint density at radius 2 is 1.45 bits per heavy atom. The largest absolute Gasteiger partial charge is 0.508 e. The summed E-state index contributed by atoms with van der Waals surface area (Å²) in [5.74, 6) is 0.248. The van der Waals surface area contributed by atoms with Gasteiger partial charge in [-0.1, -0.05) is 85.2 Å². The molecule has 0 atom stereocenters. The summed E-state index contributed by atoms with van der Waals surface area (Å²) in [6.07, 6.45) is 0. The SMILES string of the molecule is C[Si](C)(C)C(=C=C(c1ccccc1)c1ccc(O)cc1)n1nnc2ccccc21. The zero-order valence-electron chi connectivity index (χ0n) is 16.8. The van der Waals surface area contributed by atoms with Crippen LogP contribution in [0.4, 0.5) is 0 Å². The van der Waals surface area contributed by atoms with Gasteiger partial charge in [-0.3, -0.25) is 0 Å². The zero-order valence-corrected chi connectivity index (χ0v) is 17.8. The number of benzene rings is 3. The van der Waals surface area contributed by atoms with Gasteiger partial charge in [-0.2, -0.15) is 0 Å². The van der Waals surface area contributed by atoms with Crippen molar-refractivity contribution in [2.75, 3.05) is 0 Å². The number of hydrogen-bond donors (Lipinski definition) is 1. The molecular formula is C24H23N3OSi. The molecule has 0 saturated heterocycles. The summed E-state index contributed by atoms with van der Waals surface area (Å²) in [4.78, 5) is 0. The molecule has 0 aliphatic carbocycles. The molecule has 1 aromatic heterocycles. The van der Waals surface area contributed by atoms with Crippen LogP contribution in [-0.4, -0.2) is 28.2 Å². The lowest BCUT2D eigenvalue weighted by atomic mass is 9.99. The highest BCUT2D eigenvalue weighted by Gasteiger charge is 2.25. The Labute approximate surface area is 171 Å². The third-order valence-electron chi connectivity index (χ3n) is 4.74. The van der Waals surface area contributed by atoms with Gasteiger partial charge in [0.1, 0.15) is 19.3 Å². The summed E-state index contributed by atoms with van der Waals surface area (Å²) in [6, 6.07) is 25.5. The Balaban J connectivity index is 2.07. The number of nitrogens with zero attached hydrogens (tertiary/aromatic N) is 3. The number of hydrogen-bond acceptors (Lipinski definition) is 3. The fraction of sp³-hybridized carbons (Fsp3) is 0.125. The molecule has 29 heavy (non-hydrogen) atoms. The minimum absolute atomic E-state index is 0.248. The molecular weight excluding hydrogens is 374 g/mol. The fourth-order valence-electron chi connectivity index (χ4n) is 3.25. The van der Waals surface area contributed by atoms with E-state index in [2.05, 4.69) is 47.8 Å². The van der Waals surface area contributed by atoms with Crippen LogP contribution in [0.3, 0.4) is 0 Å². The Bertz CT molecular complexity index is 1210. The van der Waals surface area contributed by atoms with Crippen LogP contribution in [0.1, 0.15) is 11.1 Å². The van der Waals surface area contributed by atoms with Crippen LogP contribution < -0.4 is 0 Å². The Morgan fingerprint density at radius 3 is 2.14 bits per heavy atom. The maximum absolute atomic E-state index is 9.74. The molecule has 0 amide bonds. The molecule has 0 saturated carbocycles. The quantitative estimate of drug-likeness (QED) is 0.361. The van der Waals surface area contributed by atoms with Gasteiger partial charge in [0.25, 0.3) is 0 Å². The van der Waals surface area contributed by atoms with E-state index in [1.54, 1.807) is 12.1 Å². The van der Waals surface area contributed by atoms with E-state index in [-0.39, 0.29) is 5.75 Å². The van der Waals surface area contributed by atoms with Gasteiger partial charge in [-0.15, -0.1) is 5.10 Å². The van der Waals surface area contributed by atoms with Crippen LogP contribution in [0.5, 0.6) is 5.75 Å². The van der Waals surface area contributed by atoms with E-state index in [4.69, 9.17) is 0 Å². The monoisotopic (exact) mass is 397 g/mol. The predicted molar refractivity (Wildman–Crippen MR) is 121 cm³/mol. The maximum atomic E-state index is 9.74. The number of phenols is 1. The molecule has 3 aromatic carbocycles. The van der Waals surface area contributed by atoms with E-state index >= 15 is 0 Å². The lowest BCUT2D eigenvalue weighted by molar-refractivity contribution is 0.475. The number of aromatic hydroxyl groups is 1. The molecule has 144 valence electrons. The lowest BCUT2D eigenvalue weighted by Crippen LogP contribution is -2.27. The summed E-state index contributed by atoms with van der Waals surface area (Å²) in [5, 5.41) is 19.6. The Kier molecular flexibility index (Phi) is 4.93. The fourth-order valence-corrected chi connectivity index (χ4v) is 4.56. The molecule has 5 heteroatoms. The van der Waals surface area contributed by atoms with Crippen LogP contribution >= 0.6 is 0 Å². The van der Waals surface area contributed by atoms with Gasteiger partial charge >= 0.3 is 0 Å². The van der Waals surface area contributed by atoms with E-state index in [0.29, 0.717) is 0 Å². The highest BCUT2D eigenvalue weighted by atomic mass is 28.3. The Hall–Kier alpha value is -3.40. The van der Waals surface area contributed by atoms with Gasteiger partial charge in [0.05, 0.1) is 10.8 Å². The normalized spacial score (nSPS) is 11.3. The summed E-state index contributed by atoms with van der Waals surface area (Å²) >= 11 is 0. The topological polar surface area (TPSA) is 50.9 Å². The number of phenolic OH excluding ortho intramolecular Hbond substituents is 1. The minimum Gasteiger partial charge on any atom is -0.508 e. The van der Waals surface area contributed by atoms with E-state index < -0.39 is 8.07 Å². The Morgan fingerprint density at radius 1 is 0.828 bits per heavy atom. The zero-order chi connectivity index (χ0) is 20.4. The van der Waals surface area contributed by atoms with Crippen LogP contribution in [0.25, 0.3) is 21.9 Å². The molecule has 4 nitrogen and oxygen atoms in total. The summed E-state index contributed by atoms with van der Waals surface area (Å²) in [7, 11) is -1.85. The number of aromatic nitrogens is 3. The van der Waals surface area contributed by atoms with Crippen LogP contribution in [0, 0.1) is 0 Å². The molecule has 1 heterocycles. The first-order valence-electron chi connectivity index (χ1n) is 9.60. The van der Waals surface area contributed by atoms with Crippen molar-refractivity contribution in [3.8, 4) is 5.75 Å². The standard InChI is InChI=1S/C24H23N3OSi/c1-29(2,3)24(27-23-12-8-7-11-22(23)25-26-27)17-21(18-9-5-4-6-10-18)19-13-15-20(28)16-14-19/h4-16,28H,1-3H3. The second-order valence-corrected chi connectivity index (χ2v) is 13.0. The number of fused-ring (bicyclic) bond motifs is 1. The van der Waals surface area contributed by atoms with Crippen molar-refractivity contribution in [3.63, 3.8) is 0 Å². The third-order valence-corrected chi connectivity index (χ3v) is 6.49. The first-order valence-corrected chi connectivity index (χ1v) is 13.1. The van der Waals surface area contributed by atoms with Crippen molar-refractivity contribution < 1.29 is 5.11 Å². The molecule has 0 radical (unpaired) electrons. The van der Waals surface area contributed by atoms with Crippen LogP contribution in [0.15, 0.2) is 84.6 Å². The lowest BCUT2D eigenvalue weighted by Gasteiger charge is -2.19. The van der Waals surface area contributed by atoms with Gasteiger partial charge in [0.15, 0.2) is 0 Å². The molecule has 1 N–H and O–H groups in total. The van der Waals surface area contributed by atoms with Gasteiger partial charge in [-0.25, -0.2) is 4.68 Å². The van der Waals surface area contributed by atoms with Gasteiger partial charge in [0, 0.05) is 5.57 Å². The molecule has 4 aromatic rings. The predicted octanol–water partition coefficient (Wildman–Crippen LogP) is 5.59. The van der Waals surface area contributed by atoms with Crippen LogP contribution in [0.2, 0.25) is 19.6 Å². The average Bonchev–Trinajstić information content (AvgIpc) is 3.13. The van der Waals surface area contributed by atoms with Crippen molar-refractivity contribution in [2.24, 2.45) is 0 Å². The van der Waals surface area contributed by atoms with Crippen molar-refractivity contribution in [2.45, 2.75) is 19.6 Å². The number of rotatable bonds is 4. The van der Waals surface area contributed by atoms with Crippen LogP contribution in [-0.2, 0) is 0 Å². The van der Waals surface area contributed by atoms with Crippen molar-refractivity contribution >= 4 is 30.0 Å². The number of para-hydroxylation sites is 1. The molecule has 0 fully saturated rings. The molecule has 4 rings (SSSR count). The smallest absolute Gasteiger partial charge is 0.115 e. The highest BCUT2D eigenvalue weighted by Crippen LogP contribution is 2.28. The van der Waals surface area contributed by atoms with E-state index in [0.717, 1.165) is 33.1 Å². The maximum Gasteiger partial charge on any atom is 0.115 e. The molecule has 0 aliphatic heterocycles. The summed E-state index contributed by atoms with van der Waals surface area (Å²) < 4.78 is 1.94. The van der Waals surface area contributed by atoms with Crippen molar-refractivity contribution in [1.29, 1.82) is 0 Å². The van der Waals surface area contributed by atoms with Crippen molar-refractivity contribution in [1.82, 2.24) is 15.0 Å². The molecule has 0 bridgehead atoms. The van der Waals surface area contributed by atoms with Crippen molar-refractivity contribution in [3.05, 3.63) is 95.7 Å². The minimum atomic E-state index is -1.85. The molecule has 0 unspecified atom stereocenters. The highest BCUT2D eigenvalue weighted by molar-refractivity contribution is 6.92. The van der Waals surface area contributed by atoms with Gasteiger partial charge < -0.3 is 5.11 Å². The summed E-state index contributed by atoms with van der Waals surface area (Å²) in [6.45, 7) is 6.85. The van der Waals surface area contributed by atoms with E-state index in [9.17, 15) is 5.11 Å². The molecule has 0 aliphatic rings. The van der Waals surface area contributed by atoms with E-state index in [1.165, 1.54) is 0 Å². The first-order chi connectivity index (χ1) is 13.9. The molecule has 0 spiro atoms. The second-order valence-electron chi connectivity index (χ2n) is 8.00. The van der Waals surface area contributed by atoms with Gasteiger partial charge in [0.2, 0.25) is 0 Å². The summed E-state index contributed by atoms with van der Waals surface area (Å²) in [5.41, 5.74) is 8.60. The average molecular weight is 398 g/mol. The van der Waals surface area contributed by atoms with Gasteiger partial charge in [-0.05, 0) is 35.4 Å². The first kappa shape index (κ1) is 18.9. The second kappa shape index (κ2) is 7.55. The third kappa shape index (κ3) is 3.92. The van der Waals surface area contributed by atoms with E-state index in [1.807, 2.05) is 59.3 Å².